The van der Waals surface area contributed by atoms with Gasteiger partial charge in [-0.1, -0.05) is 11.6 Å². The smallest absolute Gasteiger partial charge is 0.387 e. The molecule has 0 radical (unpaired) electrons. The third-order valence-corrected chi connectivity index (χ3v) is 2.02. The highest BCUT2D eigenvalue weighted by Crippen LogP contribution is 2.25. The first kappa shape index (κ1) is 12.2. The highest BCUT2D eigenvalue weighted by molar-refractivity contribution is 6.30. The van der Waals surface area contributed by atoms with Crippen LogP contribution >= 0.6 is 11.6 Å². The first-order valence-corrected chi connectivity index (χ1v) is 4.85. The van der Waals surface area contributed by atoms with E-state index in [0.717, 1.165) is 0 Å². The summed E-state index contributed by atoms with van der Waals surface area (Å²) in [6.45, 7) is -1.05. The maximum Gasteiger partial charge on any atom is 0.387 e. The minimum Gasteiger partial charge on any atom is -0.435 e. The number of benzene rings is 1. The number of alkyl halides is 2. The summed E-state index contributed by atoms with van der Waals surface area (Å²) >= 11 is 5.75. The van der Waals surface area contributed by atoms with Crippen LogP contribution in [0.4, 0.5) is 8.78 Å². The van der Waals surface area contributed by atoms with E-state index in [9.17, 15) is 8.78 Å². The van der Waals surface area contributed by atoms with Crippen LogP contribution in [0.25, 0.3) is 0 Å². The summed E-state index contributed by atoms with van der Waals surface area (Å²) in [6.07, 6.45) is 0.447. The Morgan fingerprint density at radius 3 is 2.67 bits per heavy atom. The highest BCUT2D eigenvalue weighted by atomic mass is 35.5. The van der Waals surface area contributed by atoms with Gasteiger partial charge in [-0.3, -0.25) is 0 Å². The molecule has 2 N–H and O–H groups in total. The SMILES string of the molecule is CC(N)Cc1cc(Cl)ccc1OC(F)F. The Kier molecular flexibility index (Phi) is 4.29. The van der Waals surface area contributed by atoms with Crippen molar-refractivity contribution in [1.82, 2.24) is 0 Å². The van der Waals surface area contributed by atoms with E-state index in [0.29, 0.717) is 17.0 Å². The molecule has 0 bridgehead atoms. The van der Waals surface area contributed by atoms with Crippen LogP contribution < -0.4 is 10.5 Å². The summed E-state index contributed by atoms with van der Waals surface area (Å²) in [6, 6.07) is 4.38. The monoisotopic (exact) mass is 235 g/mol. The van der Waals surface area contributed by atoms with Crippen LogP contribution in [0.1, 0.15) is 12.5 Å². The average Bonchev–Trinajstić information content (AvgIpc) is 2.08. The van der Waals surface area contributed by atoms with Gasteiger partial charge in [-0.25, -0.2) is 0 Å². The van der Waals surface area contributed by atoms with Crippen molar-refractivity contribution < 1.29 is 13.5 Å². The van der Waals surface area contributed by atoms with Gasteiger partial charge in [0.25, 0.3) is 0 Å². The fourth-order valence-corrected chi connectivity index (χ4v) is 1.46. The van der Waals surface area contributed by atoms with Crippen molar-refractivity contribution in [3.8, 4) is 5.75 Å². The van der Waals surface area contributed by atoms with Crippen molar-refractivity contribution >= 4 is 11.6 Å². The molecule has 0 amide bonds. The first-order chi connectivity index (χ1) is 6.99. The molecule has 2 nitrogen and oxygen atoms in total. The lowest BCUT2D eigenvalue weighted by Gasteiger charge is -2.12. The van der Waals surface area contributed by atoms with E-state index < -0.39 is 6.61 Å². The van der Waals surface area contributed by atoms with Crippen LogP contribution in [-0.4, -0.2) is 12.7 Å². The zero-order valence-corrected chi connectivity index (χ0v) is 8.97. The number of hydrogen-bond acceptors (Lipinski definition) is 2. The predicted octanol–water partition coefficient (Wildman–Crippen LogP) is 2.83. The highest BCUT2D eigenvalue weighted by Gasteiger charge is 2.11. The third-order valence-electron chi connectivity index (χ3n) is 1.78. The van der Waals surface area contributed by atoms with Gasteiger partial charge < -0.3 is 10.5 Å². The van der Waals surface area contributed by atoms with Gasteiger partial charge in [0.15, 0.2) is 0 Å². The lowest BCUT2D eigenvalue weighted by molar-refractivity contribution is -0.0504. The van der Waals surface area contributed by atoms with E-state index in [1.54, 1.807) is 13.0 Å². The molecule has 0 saturated heterocycles. The molecule has 0 heterocycles. The molecule has 1 unspecified atom stereocenters. The van der Waals surface area contributed by atoms with Gasteiger partial charge >= 0.3 is 6.61 Å². The minimum atomic E-state index is -2.84. The second-order valence-corrected chi connectivity index (χ2v) is 3.75. The van der Waals surface area contributed by atoms with E-state index in [4.69, 9.17) is 17.3 Å². The number of hydrogen-bond donors (Lipinski definition) is 1. The Labute approximate surface area is 92.0 Å². The van der Waals surface area contributed by atoms with Gasteiger partial charge in [0.1, 0.15) is 5.75 Å². The van der Waals surface area contributed by atoms with Crippen molar-refractivity contribution in [2.45, 2.75) is 26.0 Å². The lowest BCUT2D eigenvalue weighted by atomic mass is 10.1. The second-order valence-electron chi connectivity index (χ2n) is 3.31. The fraction of sp³-hybridized carbons (Fsp3) is 0.400. The molecule has 0 saturated carbocycles. The normalized spacial score (nSPS) is 12.9. The van der Waals surface area contributed by atoms with E-state index in [1.807, 2.05) is 0 Å². The summed E-state index contributed by atoms with van der Waals surface area (Å²) in [7, 11) is 0. The van der Waals surface area contributed by atoms with Crippen molar-refractivity contribution in [1.29, 1.82) is 0 Å². The maximum atomic E-state index is 12.1. The van der Waals surface area contributed by atoms with Crippen molar-refractivity contribution in [3.63, 3.8) is 0 Å². The standard InChI is InChI=1S/C10H12ClF2NO/c1-6(14)4-7-5-8(11)2-3-9(7)15-10(12)13/h2-3,5-6,10H,4,14H2,1H3. The van der Waals surface area contributed by atoms with Gasteiger partial charge in [-0.05, 0) is 37.1 Å². The molecule has 84 valence electrons. The quantitative estimate of drug-likeness (QED) is 0.871. The molecule has 0 aromatic heterocycles. The van der Waals surface area contributed by atoms with Crippen LogP contribution in [0.5, 0.6) is 5.75 Å². The Morgan fingerprint density at radius 1 is 1.47 bits per heavy atom. The molecule has 1 atom stereocenters. The average molecular weight is 236 g/mol. The van der Waals surface area contributed by atoms with Gasteiger partial charge in [-0.15, -0.1) is 0 Å². The summed E-state index contributed by atoms with van der Waals surface area (Å²) < 4.78 is 28.5. The number of halogens is 3. The van der Waals surface area contributed by atoms with Crippen molar-refractivity contribution in [3.05, 3.63) is 28.8 Å². The largest absolute Gasteiger partial charge is 0.435 e. The van der Waals surface area contributed by atoms with E-state index in [1.165, 1.54) is 12.1 Å². The Hall–Kier alpha value is -0.870. The number of ether oxygens (including phenoxy) is 1. The molecule has 0 aliphatic carbocycles. The van der Waals surface area contributed by atoms with Crippen LogP contribution in [0, 0.1) is 0 Å². The molecular weight excluding hydrogens is 224 g/mol. The number of rotatable bonds is 4. The fourth-order valence-electron chi connectivity index (χ4n) is 1.27. The van der Waals surface area contributed by atoms with Gasteiger partial charge in [0.2, 0.25) is 0 Å². The Balaban J connectivity index is 2.92. The zero-order chi connectivity index (χ0) is 11.4. The zero-order valence-electron chi connectivity index (χ0n) is 8.21. The third kappa shape index (κ3) is 4.01. The molecule has 1 rings (SSSR count). The minimum absolute atomic E-state index is 0.131. The molecule has 1 aromatic carbocycles. The molecule has 0 aliphatic heterocycles. The summed E-state index contributed by atoms with van der Waals surface area (Å²) in [5, 5.41) is 0.479. The molecule has 5 heteroatoms. The second kappa shape index (κ2) is 5.28. The van der Waals surface area contributed by atoms with Crippen molar-refractivity contribution in [2.24, 2.45) is 5.73 Å². The summed E-state index contributed by atoms with van der Waals surface area (Å²) in [5.74, 6) is 0.131. The molecular formula is C10H12ClF2NO. The topological polar surface area (TPSA) is 35.2 Å². The lowest BCUT2D eigenvalue weighted by Crippen LogP contribution is -2.18. The molecule has 0 spiro atoms. The van der Waals surface area contributed by atoms with Crippen molar-refractivity contribution in [2.75, 3.05) is 0 Å². The first-order valence-electron chi connectivity index (χ1n) is 4.48. The van der Waals surface area contributed by atoms with Gasteiger partial charge in [0, 0.05) is 11.1 Å². The van der Waals surface area contributed by atoms with Crippen LogP contribution in [0.15, 0.2) is 18.2 Å². The Bertz CT molecular complexity index is 331. The molecule has 1 aromatic rings. The van der Waals surface area contributed by atoms with Gasteiger partial charge in [-0.2, -0.15) is 8.78 Å². The van der Waals surface area contributed by atoms with Crippen LogP contribution in [0.2, 0.25) is 5.02 Å². The molecule has 0 fully saturated rings. The van der Waals surface area contributed by atoms with Crippen LogP contribution in [-0.2, 0) is 6.42 Å². The Morgan fingerprint density at radius 2 is 2.13 bits per heavy atom. The van der Waals surface area contributed by atoms with E-state index in [-0.39, 0.29) is 11.8 Å². The molecule has 0 aliphatic rings. The maximum absolute atomic E-state index is 12.1. The summed E-state index contributed by atoms with van der Waals surface area (Å²) in [4.78, 5) is 0. The van der Waals surface area contributed by atoms with Crippen LogP contribution in [0.3, 0.4) is 0 Å². The van der Waals surface area contributed by atoms with E-state index >= 15 is 0 Å². The summed E-state index contributed by atoms with van der Waals surface area (Å²) in [5.41, 5.74) is 6.18. The predicted molar refractivity (Wildman–Crippen MR) is 55.4 cm³/mol. The van der Waals surface area contributed by atoms with Gasteiger partial charge in [0.05, 0.1) is 0 Å². The van der Waals surface area contributed by atoms with E-state index in [2.05, 4.69) is 4.74 Å². The molecule has 15 heavy (non-hydrogen) atoms. The number of nitrogens with two attached hydrogens (primary N) is 1.